The van der Waals surface area contributed by atoms with Crippen molar-refractivity contribution in [2.45, 2.75) is 12.5 Å². The van der Waals surface area contributed by atoms with Crippen molar-refractivity contribution in [3.05, 3.63) is 89.7 Å². The predicted octanol–water partition coefficient (Wildman–Crippen LogP) is 4.68. The van der Waals surface area contributed by atoms with Crippen LogP contribution in [-0.4, -0.2) is 55.4 Å². The van der Waals surface area contributed by atoms with Crippen LogP contribution in [-0.2, 0) is 4.79 Å². The minimum Gasteiger partial charge on any atom is -0.497 e. The fourth-order valence-corrected chi connectivity index (χ4v) is 3.99. The molecule has 1 atom stereocenters. The number of anilines is 1. The quantitative estimate of drug-likeness (QED) is 0.521. The molecule has 0 fully saturated rings. The van der Waals surface area contributed by atoms with Crippen LogP contribution < -0.4 is 14.8 Å². The largest absolute Gasteiger partial charge is 0.497 e. The summed E-state index contributed by atoms with van der Waals surface area (Å²) in [6.45, 7) is -0.234. The fraction of sp³-hybridized carbons (Fsp3) is 0.222. The number of hydrazone groups is 1. The third-order valence-electron chi connectivity index (χ3n) is 5.92. The summed E-state index contributed by atoms with van der Waals surface area (Å²) in [4.78, 5) is 27.4. The first-order chi connectivity index (χ1) is 17.4. The van der Waals surface area contributed by atoms with Crippen LogP contribution in [0.3, 0.4) is 0 Å². The van der Waals surface area contributed by atoms with Gasteiger partial charge in [-0.25, -0.2) is 14.2 Å². The molecule has 9 heteroatoms. The molecular weight excluding hydrogens is 463 g/mol. The highest BCUT2D eigenvalue weighted by Crippen LogP contribution is 2.34. The van der Waals surface area contributed by atoms with Crippen molar-refractivity contribution in [3.8, 4) is 11.5 Å². The topological polar surface area (TPSA) is 83.5 Å². The third kappa shape index (κ3) is 5.30. The highest BCUT2D eigenvalue weighted by Gasteiger charge is 2.34. The van der Waals surface area contributed by atoms with Gasteiger partial charge in [-0.1, -0.05) is 42.5 Å². The first-order valence-corrected chi connectivity index (χ1v) is 11.3. The zero-order valence-corrected chi connectivity index (χ0v) is 20.3. The van der Waals surface area contributed by atoms with Gasteiger partial charge >= 0.3 is 6.03 Å². The molecule has 1 heterocycles. The van der Waals surface area contributed by atoms with E-state index in [1.165, 1.54) is 30.1 Å². The third-order valence-corrected chi connectivity index (χ3v) is 5.92. The minimum absolute atomic E-state index is 0.234. The highest BCUT2D eigenvalue weighted by molar-refractivity contribution is 6.03. The van der Waals surface area contributed by atoms with Crippen molar-refractivity contribution >= 4 is 23.3 Å². The maximum absolute atomic E-state index is 14.5. The lowest BCUT2D eigenvalue weighted by Gasteiger charge is -2.25. The van der Waals surface area contributed by atoms with Gasteiger partial charge < -0.3 is 19.7 Å². The average Bonchev–Trinajstić information content (AvgIpc) is 3.34. The van der Waals surface area contributed by atoms with Crippen LogP contribution in [0.2, 0.25) is 0 Å². The molecule has 36 heavy (non-hydrogen) atoms. The zero-order valence-electron chi connectivity index (χ0n) is 20.3. The lowest BCUT2D eigenvalue weighted by molar-refractivity contribution is -0.133. The maximum Gasteiger partial charge on any atom is 0.322 e. The number of nitrogens with one attached hydrogen (secondary N) is 1. The molecule has 1 aliphatic heterocycles. The molecule has 0 aromatic heterocycles. The molecule has 3 amide bonds. The van der Waals surface area contributed by atoms with Crippen molar-refractivity contribution in [2.24, 2.45) is 5.10 Å². The second-order valence-corrected chi connectivity index (χ2v) is 8.24. The molecule has 0 aliphatic carbocycles. The monoisotopic (exact) mass is 490 g/mol. The molecule has 4 rings (SSSR count). The van der Waals surface area contributed by atoms with Crippen LogP contribution >= 0.6 is 0 Å². The van der Waals surface area contributed by atoms with E-state index in [4.69, 9.17) is 9.47 Å². The Bertz CT molecular complexity index is 1280. The molecule has 0 saturated carbocycles. The zero-order chi connectivity index (χ0) is 25.7. The highest BCUT2D eigenvalue weighted by atomic mass is 19.1. The summed E-state index contributed by atoms with van der Waals surface area (Å²) in [5.74, 6) is 0.369. The van der Waals surface area contributed by atoms with Crippen LogP contribution in [0.4, 0.5) is 14.9 Å². The number of urea groups is 1. The SMILES string of the molecule is COc1ccc([C@H]2CC(c3ccccc3F)=NN2C(=O)CN(C)C(=O)Nc2ccccc2OC)cc1. The second-order valence-electron chi connectivity index (χ2n) is 8.24. The van der Waals surface area contributed by atoms with Crippen molar-refractivity contribution in [1.82, 2.24) is 9.91 Å². The van der Waals surface area contributed by atoms with E-state index < -0.39 is 23.8 Å². The van der Waals surface area contributed by atoms with Gasteiger partial charge in [-0.15, -0.1) is 0 Å². The summed E-state index contributed by atoms with van der Waals surface area (Å²) >= 11 is 0. The molecule has 0 bridgehead atoms. The van der Waals surface area contributed by atoms with Gasteiger partial charge in [0, 0.05) is 19.0 Å². The standard InChI is InChI=1S/C27H27FN4O4/c1-31(27(34)29-22-10-6-7-11-25(22)36-3)17-26(33)32-24(18-12-14-19(35-2)15-13-18)16-23(30-32)20-8-4-5-9-21(20)28/h4-15,24H,16-17H2,1-3H3,(H,29,34)/t24-/m1/s1. The first-order valence-electron chi connectivity index (χ1n) is 11.3. The van der Waals surface area contributed by atoms with Gasteiger partial charge in [0.05, 0.1) is 31.7 Å². The summed E-state index contributed by atoms with van der Waals surface area (Å²) in [7, 11) is 4.60. The van der Waals surface area contributed by atoms with Crippen LogP contribution in [0.1, 0.15) is 23.6 Å². The first kappa shape index (κ1) is 24.7. The smallest absolute Gasteiger partial charge is 0.322 e. The lowest BCUT2D eigenvalue weighted by Crippen LogP contribution is -2.41. The van der Waals surface area contributed by atoms with Crippen molar-refractivity contribution in [1.29, 1.82) is 0 Å². The Morgan fingerprint density at radius 1 is 1.03 bits per heavy atom. The molecule has 0 radical (unpaired) electrons. The molecule has 0 saturated heterocycles. The molecule has 8 nitrogen and oxygen atoms in total. The van der Waals surface area contributed by atoms with E-state index in [1.54, 1.807) is 61.7 Å². The van der Waals surface area contributed by atoms with Gasteiger partial charge in [-0.3, -0.25) is 4.79 Å². The Kier molecular flexibility index (Phi) is 7.48. The molecule has 1 aliphatic rings. The summed E-state index contributed by atoms with van der Waals surface area (Å²) < 4.78 is 25.0. The molecule has 3 aromatic carbocycles. The predicted molar refractivity (Wildman–Crippen MR) is 135 cm³/mol. The minimum atomic E-state index is -0.480. The Morgan fingerprint density at radius 2 is 1.72 bits per heavy atom. The molecular formula is C27H27FN4O4. The summed E-state index contributed by atoms with van der Waals surface area (Å²) in [5.41, 5.74) is 2.11. The van der Waals surface area contributed by atoms with E-state index >= 15 is 0 Å². The van der Waals surface area contributed by atoms with Crippen LogP contribution in [0, 0.1) is 5.82 Å². The number of para-hydroxylation sites is 2. The van der Waals surface area contributed by atoms with Crippen molar-refractivity contribution < 1.29 is 23.5 Å². The number of amides is 3. The Balaban J connectivity index is 1.55. The van der Waals surface area contributed by atoms with Gasteiger partial charge in [-0.2, -0.15) is 5.10 Å². The van der Waals surface area contributed by atoms with E-state index in [0.29, 0.717) is 34.9 Å². The van der Waals surface area contributed by atoms with Gasteiger partial charge in [0.15, 0.2) is 0 Å². The van der Waals surface area contributed by atoms with Gasteiger partial charge in [0.2, 0.25) is 0 Å². The molecule has 0 spiro atoms. The number of halogens is 1. The number of nitrogens with zero attached hydrogens (tertiary/aromatic N) is 3. The molecule has 0 unspecified atom stereocenters. The number of ether oxygens (including phenoxy) is 2. The summed E-state index contributed by atoms with van der Waals surface area (Å²) in [6.07, 6.45) is 0.329. The van der Waals surface area contributed by atoms with Crippen LogP contribution in [0.5, 0.6) is 11.5 Å². The molecule has 3 aromatic rings. The van der Waals surface area contributed by atoms with E-state index in [-0.39, 0.29) is 6.54 Å². The van der Waals surface area contributed by atoms with Crippen molar-refractivity contribution in [2.75, 3.05) is 33.1 Å². The Morgan fingerprint density at radius 3 is 2.42 bits per heavy atom. The average molecular weight is 491 g/mol. The van der Waals surface area contributed by atoms with E-state index in [9.17, 15) is 14.0 Å². The van der Waals surface area contributed by atoms with Gasteiger partial charge in [-0.05, 0) is 35.9 Å². The number of methoxy groups -OCH3 is 2. The Hall–Kier alpha value is -4.40. The van der Waals surface area contributed by atoms with E-state index in [2.05, 4.69) is 10.4 Å². The number of benzene rings is 3. The van der Waals surface area contributed by atoms with Crippen molar-refractivity contribution in [3.63, 3.8) is 0 Å². The number of hydrogen-bond donors (Lipinski definition) is 1. The van der Waals surface area contributed by atoms with Gasteiger partial charge in [0.25, 0.3) is 5.91 Å². The van der Waals surface area contributed by atoms with Gasteiger partial charge in [0.1, 0.15) is 23.9 Å². The normalized spacial score (nSPS) is 14.7. The van der Waals surface area contributed by atoms with E-state index in [1.807, 2.05) is 12.1 Å². The second kappa shape index (κ2) is 10.9. The maximum atomic E-state index is 14.5. The number of carbonyl (C=O) groups excluding carboxylic acids is 2. The van der Waals surface area contributed by atoms with Crippen LogP contribution in [0.25, 0.3) is 0 Å². The van der Waals surface area contributed by atoms with Crippen LogP contribution in [0.15, 0.2) is 77.9 Å². The van der Waals surface area contributed by atoms with E-state index in [0.717, 1.165) is 5.56 Å². The summed E-state index contributed by atoms with van der Waals surface area (Å²) in [6, 6.07) is 19.7. The fourth-order valence-electron chi connectivity index (χ4n) is 3.99. The summed E-state index contributed by atoms with van der Waals surface area (Å²) in [5, 5.41) is 8.57. The number of hydrogen-bond acceptors (Lipinski definition) is 5. The molecule has 186 valence electrons. The number of rotatable bonds is 7. The number of likely N-dealkylation sites (N-methyl/N-ethyl adjacent to an activating group) is 1. The Labute approximate surface area is 208 Å². The molecule has 1 N–H and O–H groups in total. The lowest BCUT2D eigenvalue weighted by atomic mass is 9.98. The number of carbonyl (C=O) groups is 2.